The van der Waals surface area contributed by atoms with E-state index in [9.17, 15) is 9.59 Å². The smallest absolute Gasteiger partial charge is 0.211 e. The normalized spacial score (nSPS) is 13.6. The summed E-state index contributed by atoms with van der Waals surface area (Å²) in [6.45, 7) is 1.86. The van der Waals surface area contributed by atoms with Gasteiger partial charge in [-0.05, 0) is 6.92 Å². The van der Waals surface area contributed by atoms with E-state index in [0.717, 1.165) is 5.56 Å². The van der Waals surface area contributed by atoms with Gasteiger partial charge in [-0.25, -0.2) is 0 Å². The average molecular weight is 358 g/mol. The van der Waals surface area contributed by atoms with E-state index in [2.05, 4.69) is 5.32 Å². The number of ketones is 2. The van der Waals surface area contributed by atoms with Crippen LogP contribution in [0.5, 0.6) is 11.5 Å². The largest absolute Gasteiger partial charge is 0.496 e. The average Bonchev–Trinajstić information content (AvgIpc) is 2.64. The Morgan fingerprint density at radius 2 is 1.44 bits per heavy atom. The van der Waals surface area contributed by atoms with E-state index >= 15 is 0 Å². The first-order valence-electron chi connectivity index (χ1n) is 7.55. The van der Waals surface area contributed by atoms with Crippen molar-refractivity contribution in [2.24, 2.45) is 0 Å². The fraction of sp³-hybridized carbons (Fsp3) is 0.158. The lowest BCUT2D eigenvalue weighted by Gasteiger charge is -2.20. The molecule has 0 saturated heterocycles. The molecule has 5 nitrogen and oxygen atoms in total. The molecular weight excluding hydrogens is 342 g/mol. The van der Waals surface area contributed by atoms with E-state index in [1.807, 2.05) is 6.92 Å². The second kappa shape index (κ2) is 6.61. The first-order chi connectivity index (χ1) is 12.0. The number of fused-ring (bicyclic) bond motifs is 1. The zero-order chi connectivity index (χ0) is 18.1. The minimum absolute atomic E-state index is 0.0401. The van der Waals surface area contributed by atoms with Crippen LogP contribution in [0.15, 0.2) is 47.1 Å². The number of hydrogen-bond acceptors (Lipinski definition) is 5. The van der Waals surface area contributed by atoms with Gasteiger partial charge in [-0.1, -0.05) is 35.9 Å². The molecule has 3 rings (SSSR count). The summed E-state index contributed by atoms with van der Waals surface area (Å²) in [5, 5.41) is 2.81. The number of benzene rings is 2. The summed E-state index contributed by atoms with van der Waals surface area (Å²) in [6.07, 6.45) is 0. The summed E-state index contributed by atoms with van der Waals surface area (Å²) >= 11 is 6.17. The second-order valence-electron chi connectivity index (χ2n) is 5.52. The van der Waals surface area contributed by atoms with Crippen molar-refractivity contribution < 1.29 is 19.1 Å². The number of ether oxygens (including phenoxy) is 2. The van der Waals surface area contributed by atoms with Gasteiger partial charge in [-0.15, -0.1) is 0 Å². The molecule has 1 aliphatic rings. The molecule has 0 amide bonds. The standard InChI is InChI=1S/C19H16ClNO4/c1-10-14(24-2)8-11(9-15(10)25-3)21-17-16(20)18(22)12-6-4-5-7-13(12)19(17)23/h4-9,21H,1-3H3. The lowest BCUT2D eigenvalue weighted by atomic mass is 9.92. The van der Waals surface area contributed by atoms with Crippen LogP contribution < -0.4 is 14.8 Å². The maximum atomic E-state index is 12.7. The highest BCUT2D eigenvalue weighted by Gasteiger charge is 2.31. The maximum Gasteiger partial charge on any atom is 0.211 e. The maximum absolute atomic E-state index is 12.7. The number of rotatable bonds is 4. The fourth-order valence-electron chi connectivity index (χ4n) is 2.76. The van der Waals surface area contributed by atoms with Gasteiger partial charge < -0.3 is 14.8 Å². The third-order valence-corrected chi connectivity index (χ3v) is 4.44. The number of nitrogens with one attached hydrogen (secondary N) is 1. The van der Waals surface area contributed by atoms with Crippen LogP contribution >= 0.6 is 11.6 Å². The van der Waals surface area contributed by atoms with Crippen molar-refractivity contribution in [3.05, 3.63) is 63.8 Å². The molecule has 0 fully saturated rings. The molecule has 0 bridgehead atoms. The van der Waals surface area contributed by atoms with E-state index in [4.69, 9.17) is 21.1 Å². The van der Waals surface area contributed by atoms with Crippen molar-refractivity contribution >= 4 is 28.9 Å². The second-order valence-corrected chi connectivity index (χ2v) is 5.90. The highest BCUT2D eigenvalue weighted by atomic mass is 35.5. The summed E-state index contributed by atoms with van der Waals surface area (Å²) in [4.78, 5) is 25.2. The quantitative estimate of drug-likeness (QED) is 0.897. The number of methoxy groups -OCH3 is 2. The Kier molecular flexibility index (Phi) is 4.51. The predicted octanol–water partition coefficient (Wildman–Crippen LogP) is 3.95. The Morgan fingerprint density at radius 1 is 0.920 bits per heavy atom. The SMILES string of the molecule is COc1cc(NC2=C(Cl)C(=O)c3ccccc3C2=O)cc(OC)c1C. The fourth-order valence-corrected chi connectivity index (χ4v) is 2.99. The van der Waals surface area contributed by atoms with Gasteiger partial charge in [0.2, 0.25) is 11.6 Å². The van der Waals surface area contributed by atoms with E-state index < -0.39 is 0 Å². The van der Waals surface area contributed by atoms with Crippen LogP contribution in [0, 0.1) is 6.92 Å². The zero-order valence-corrected chi connectivity index (χ0v) is 14.7. The van der Waals surface area contributed by atoms with Crippen molar-refractivity contribution in [1.29, 1.82) is 0 Å². The minimum atomic E-state index is -0.384. The van der Waals surface area contributed by atoms with E-state index in [1.54, 1.807) is 50.6 Å². The van der Waals surface area contributed by atoms with Crippen molar-refractivity contribution in [3.8, 4) is 11.5 Å². The highest BCUT2D eigenvalue weighted by molar-refractivity contribution is 6.50. The third-order valence-electron chi connectivity index (χ3n) is 4.08. The molecule has 1 aliphatic carbocycles. The molecule has 1 N–H and O–H groups in total. The Bertz CT molecular complexity index is 892. The molecule has 0 saturated carbocycles. The molecule has 0 spiro atoms. The van der Waals surface area contributed by atoms with Crippen molar-refractivity contribution in [3.63, 3.8) is 0 Å². The Hall–Kier alpha value is -2.79. The van der Waals surface area contributed by atoms with Crippen LogP contribution in [-0.4, -0.2) is 25.8 Å². The molecule has 0 aromatic heterocycles. The zero-order valence-electron chi connectivity index (χ0n) is 14.0. The molecule has 6 heteroatoms. The van der Waals surface area contributed by atoms with Gasteiger partial charge in [0.25, 0.3) is 0 Å². The molecule has 25 heavy (non-hydrogen) atoms. The molecule has 128 valence electrons. The molecule has 0 atom stereocenters. The van der Waals surface area contributed by atoms with Gasteiger partial charge in [-0.2, -0.15) is 0 Å². The molecule has 0 unspecified atom stereocenters. The summed E-state index contributed by atoms with van der Waals surface area (Å²) in [5.41, 5.74) is 2.03. The van der Waals surface area contributed by atoms with E-state index in [0.29, 0.717) is 28.3 Å². The van der Waals surface area contributed by atoms with Crippen LogP contribution in [0.4, 0.5) is 5.69 Å². The van der Waals surface area contributed by atoms with Gasteiger partial charge in [0.15, 0.2) is 0 Å². The number of allylic oxidation sites excluding steroid dienone is 2. The van der Waals surface area contributed by atoms with Gasteiger partial charge in [-0.3, -0.25) is 9.59 Å². The molecule has 0 radical (unpaired) electrons. The van der Waals surface area contributed by atoms with Crippen LogP contribution in [0.25, 0.3) is 0 Å². The van der Waals surface area contributed by atoms with Crippen LogP contribution in [-0.2, 0) is 0 Å². The first-order valence-corrected chi connectivity index (χ1v) is 7.93. The highest BCUT2D eigenvalue weighted by Crippen LogP contribution is 2.34. The van der Waals surface area contributed by atoms with Gasteiger partial charge >= 0.3 is 0 Å². The molecule has 0 aliphatic heterocycles. The van der Waals surface area contributed by atoms with Crippen LogP contribution in [0.3, 0.4) is 0 Å². The lowest BCUT2D eigenvalue weighted by Crippen LogP contribution is -2.24. The Balaban J connectivity index is 2.05. The molecule has 2 aromatic carbocycles. The number of halogens is 1. The molecule has 0 heterocycles. The summed E-state index contributed by atoms with van der Waals surface area (Å²) < 4.78 is 10.7. The van der Waals surface area contributed by atoms with Crippen LogP contribution in [0.1, 0.15) is 26.3 Å². The number of carbonyl (C=O) groups is 2. The monoisotopic (exact) mass is 357 g/mol. The topological polar surface area (TPSA) is 64.6 Å². The van der Waals surface area contributed by atoms with E-state index in [1.165, 1.54) is 0 Å². The number of anilines is 1. The molecular formula is C19H16ClNO4. The van der Waals surface area contributed by atoms with Gasteiger partial charge in [0.05, 0.1) is 14.2 Å². The number of Topliss-reactive ketones (excluding diaryl/α,β-unsaturated/α-hetero) is 2. The van der Waals surface area contributed by atoms with E-state index in [-0.39, 0.29) is 22.3 Å². The summed E-state index contributed by atoms with van der Waals surface area (Å²) in [7, 11) is 3.09. The van der Waals surface area contributed by atoms with Crippen molar-refractivity contribution in [2.45, 2.75) is 6.92 Å². The van der Waals surface area contributed by atoms with Gasteiger partial charge in [0.1, 0.15) is 22.2 Å². The minimum Gasteiger partial charge on any atom is -0.496 e. The van der Waals surface area contributed by atoms with Gasteiger partial charge in [0, 0.05) is 34.5 Å². The van der Waals surface area contributed by atoms with Crippen molar-refractivity contribution in [1.82, 2.24) is 0 Å². The Labute approximate surface area is 150 Å². The summed E-state index contributed by atoms with van der Waals surface area (Å²) in [6, 6.07) is 10.0. The first kappa shape index (κ1) is 17.0. The summed E-state index contributed by atoms with van der Waals surface area (Å²) in [5.74, 6) is 0.464. The lowest BCUT2D eigenvalue weighted by molar-refractivity contribution is 0.0982. The predicted molar refractivity (Wildman–Crippen MR) is 95.9 cm³/mol. The Morgan fingerprint density at radius 3 is 1.96 bits per heavy atom. The third kappa shape index (κ3) is 2.87. The molecule has 2 aromatic rings. The van der Waals surface area contributed by atoms with Crippen LogP contribution in [0.2, 0.25) is 0 Å². The number of hydrogen-bond donors (Lipinski definition) is 1. The number of carbonyl (C=O) groups excluding carboxylic acids is 2. The van der Waals surface area contributed by atoms with Crippen molar-refractivity contribution in [2.75, 3.05) is 19.5 Å².